The summed E-state index contributed by atoms with van der Waals surface area (Å²) in [5.41, 5.74) is -1.05. The minimum absolute atomic E-state index is 0.0569. The number of ether oxygens (including phenoxy) is 1. The highest BCUT2D eigenvalue weighted by atomic mass is 19.4. The van der Waals surface area contributed by atoms with Crippen LogP contribution in [0.15, 0.2) is 42.6 Å². The normalized spacial score (nSPS) is 11.3. The second-order valence-corrected chi connectivity index (χ2v) is 5.67. The van der Waals surface area contributed by atoms with E-state index in [1.54, 1.807) is 6.07 Å². The monoisotopic (exact) mass is 411 g/mol. The molecule has 1 aromatic carbocycles. The molecule has 3 rings (SSSR count). The summed E-state index contributed by atoms with van der Waals surface area (Å²) in [6.07, 6.45) is -5.27. The summed E-state index contributed by atoms with van der Waals surface area (Å²) in [5.74, 6) is -2.14. The summed E-state index contributed by atoms with van der Waals surface area (Å²) >= 11 is 0. The van der Waals surface area contributed by atoms with Crippen molar-refractivity contribution in [3.8, 4) is 17.4 Å². The van der Waals surface area contributed by atoms with Crippen LogP contribution in [-0.4, -0.2) is 37.7 Å². The van der Waals surface area contributed by atoms with Crippen LogP contribution in [0.5, 0.6) is 11.6 Å². The molecule has 2 N–H and O–H groups in total. The van der Waals surface area contributed by atoms with Crippen LogP contribution in [0.1, 0.15) is 11.3 Å². The summed E-state index contributed by atoms with van der Waals surface area (Å²) in [4.78, 5) is 11.9. The summed E-state index contributed by atoms with van der Waals surface area (Å²) in [7, 11) is 0. The van der Waals surface area contributed by atoms with Gasteiger partial charge in [-0.1, -0.05) is 18.2 Å². The minimum atomic E-state index is -4.93. The largest absolute Gasteiger partial charge is 0.492 e. The third kappa shape index (κ3) is 4.78. The standard InChI is InChI=1S/C17H13F4N5O3/c18-11-4-2-1-3-10(11)7-8-22-16(28)29-12-9-23-26(15(12)17(19,20)21)13-5-6-14(27)25-24-13/h1-6,9H,7-8H2,(H,22,28)(H,25,27). The Bertz CT molecular complexity index is 1010. The van der Waals surface area contributed by atoms with E-state index in [1.807, 2.05) is 0 Å². The number of alkyl halides is 3. The number of rotatable bonds is 5. The number of aromatic nitrogens is 4. The van der Waals surface area contributed by atoms with Crippen molar-refractivity contribution in [2.24, 2.45) is 0 Å². The molecule has 0 saturated heterocycles. The number of hydrogen-bond donors (Lipinski definition) is 2. The Labute approximate surface area is 160 Å². The quantitative estimate of drug-likeness (QED) is 0.626. The van der Waals surface area contributed by atoms with Gasteiger partial charge in [0.2, 0.25) is 5.88 Å². The maximum atomic E-state index is 13.5. The van der Waals surface area contributed by atoms with Gasteiger partial charge in [0.1, 0.15) is 5.82 Å². The smallest absolute Gasteiger partial charge is 0.437 e. The van der Waals surface area contributed by atoms with Crippen LogP contribution in [0.4, 0.5) is 22.4 Å². The second kappa shape index (κ2) is 8.12. The zero-order valence-electron chi connectivity index (χ0n) is 14.5. The van der Waals surface area contributed by atoms with Gasteiger partial charge in [-0.3, -0.25) is 0 Å². The molecule has 2 heterocycles. The molecule has 0 saturated carbocycles. The molecule has 12 heteroatoms. The fourth-order valence-corrected chi connectivity index (χ4v) is 2.41. The molecule has 0 spiro atoms. The highest BCUT2D eigenvalue weighted by molar-refractivity contribution is 5.70. The van der Waals surface area contributed by atoms with Crippen LogP contribution in [0.25, 0.3) is 5.82 Å². The van der Waals surface area contributed by atoms with Crippen LogP contribution in [-0.2, 0) is 12.6 Å². The molecule has 0 aliphatic heterocycles. The molecular formula is C17H13F4N5O3. The number of carbonyl (C=O) groups is 1. The van der Waals surface area contributed by atoms with E-state index in [2.05, 4.69) is 20.6 Å². The first kappa shape index (κ1) is 20.0. The van der Waals surface area contributed by atoms with Crippen LogP contribution >= 0.6 is 0 Å². The van der Waals surface area contributed by atoms with Gasteiger partial charge in [0.05, 0.1) is 6.20 Å². The van der Waals surface area contributed by atoms with Crippen LogP contribution < -0.4 is 10.1 Å². The average Bonchev–Trinajstić information content (AvgIpc) is 3.08. The number of benzene rings is 1. The number of nitrogens with one attached hydrogen (secondary N) is 1. The summed E-state index contributed by atoms with van der Waals surface area (Å²) in [6.45, 7) is -0.0569. The molecule has 0 bridgehead atoms. The number of hydrogen-bond acceptors (Lipinski definition) is 6. The number of aromatic hydroxyl groups is 1. The highest BCUT2D eigenvalue weighted by Gasteiger charge is 2.41. The molecular weight excluding hydrogens is 398 g/mol. The molecule has 0 atom stereocenters. The third-order valence-corrected chi connectivity index (χ3v) is 3.68. The zero-order valence-corrected chi connectivity index (χ0v) is 14.5. The lowest BCUT2D eigenvalue weighted by molar-refractivity contribution is -0.143. The Balaban J connectivity index is 1.72. The maximum absolute atomic E-state index is 13.5. The van der Waals surface area contributed by atoms with Crippen molar-refractivity contribution >= 4 is 6.09 Å². The van der Waals surface area contributed by atoms with E-state index in [0.29, 0.717) is 16.4 Å². The van der Waals surface area contributed by atoms with Crippen molar-refractivity contribution in [2.75, 3.05) is 6.54 Å². The predicted octanol–water partition coefficient (Wildman–Crippen LogP) is 2.86. The van der Waals surface area contributed by atoms with Gasteiger partial charge in [0.15, 0.2) is 17.3 Å². The third-order valence-electron chi connectivity index (χ3n) is 3.68. The van der Waals surface area contributed by atoms with E-state index in [-0.39, 0.29) is 18.8 Å². The average molecular weight is 411 g/mol. The van der Waals surface area contributed by atoms with E-state index in [9.17, 15) is 22.4 Å². The lowest BCUT2D eigenvalue weighted by Crippen LogP contribution is -2.29. The lowest BCUT2D eigenvalue weighted by atomic mass is 10.1. The molecule has 0 radical (unpaired) electrons. The van der Waals surface area contributed by atoms with Crippen molar-refractivity contribution in [2.45, 2.75) is 12.6 Å². The van der Waals surface area contributed by atoms with Crippen molar-refractivity contribution in [3.63, 3.8) is 0 Å². The molecule has 1 amide bonds. The molecule has 0 aliphatic carbocycles. The fraction of sp³-hybridized carbons (Fsp3) is 0.176. The molecule has 0 unspecified atom stereocenters. The van der Waals surface area contributed by atoms with Crippen molar-refractivity contribution in [1.82, 2.24) is 25.3 Å². The van der Waals surface area contributed by atoms with Gasteiger partial charge in [0, 0.05) is 12.6 Å². The molecule has 0 fully saturated rings. The van der Waals surface area contributed by atoms with Crippen molar-refractivity contribution in [3.05, 3.63) is 59.7 Å². The molecule has 152 valence electrons. The Morgan fingerprint density at radius 3 is 2.59 bits per heavy atom. The number of halogens is 4. The Kier molecular flexibility index (Phi) is 5.61. The number of carbonyl (C=O) groups excluding carboxylic acids is 1. The van der Waals surface area contributed by atoms with Gasteiger partial charge >= 0.3 is 12.3 Å². The number of nitrogens with zero attached hydrogens (tertiary/aromatic N) is 4. The number of amides is 1. The second-order valence-electron chi connectivity index (χ2n) is 5.67. The predicted molar refractivity (Wildman–Crippen MR) is 90.0 cm³/mol. The van der Waals surface area contributed by atoms with Crippen molar-refractivity contribution in [1.29, 1.82) is 0 Å². The van der Waals surface area contributed by atoms with Crippen LogP contribution in [0.2, 0.25) is 0 Å². The Morgan fingerprint density at radius 2 is 1.93 bits per heavy atom. The van der Waals surface area contributed by atoms with E-state index < -0.39 is 35.4 Å². The SMILES string of the molecule is O=C(NCCc1ccccc1F)Oc1cnn(-c2ccc(O)nn2)c1C(F)(F)F. The van der Waals surface area contributed by atoms with Gasteiger partial charge in [-0.25, -0.2) is 13.9 Å². The van der Waals surface area contributed by atoms with E-state index >= 15 is 0 Å². The minimum Gasteiger partial charge on any atom is -0.492 e. The van der Waals surface area contributed by atoms with Gasteiger partial charge in [-0.2, -0.15) is 18.3 Å². The Hall–Kier alpha value is -3.70. The van der Waals surface area contributed by atoms with Gasteiger partial charge in [-0.05, 0) is 24.1 Å². The summed E-state index contributed by atoms with van der Waals surface area (Å²) < 4.78 is 59.0. The first-order valence-electron chi connectivity index (χ1n) is 8.13. The highest BCUT2D eigenvalue weighted by Crippen LogP contribution is 2.37. The molecule has 29 heavy (non-hydrogen) atoms. The molecule has 2 aromatic heterocycles. The van der Waals surface area contributed by atoms with E-state index in [0.717, 1.165) is 12.1 Å². The first-order valence-corrected chi connectivity index (χ1v) is 8.13. The molecule has 8 nitrogen and oxygen atoms in total. The zero-order chi connectivity index (χ0) is 21.0. The van der Waals surface area contributed by atoms with Crippen LogP contribution in [0, 0.1) is 5.82 Å². The Morgan fingerprint density at radius 1 is 1.17 bits per heavy atom. The van der Waals surface area contributed by atoms with Gasteiger partial charge in [0.25, 0.3) is 0 Å². The van der Waals surface area contributed by atoms with E-state index in [1.165, 1.54) is 18.2 Å². The fourth-order valence-electron chi connectivity index (χ4n) is 2.41. The summed E-state index contributed by atoms with van der Waals surface area (Å²) in [5, 5.41) is 21.6. The summed E-state index contributed by atoms with van der Waals surface area (Å²) in [6, 6.07) is 7.99. The van der Waals surface area contributed by atoms with Gasteiger partial charge in [-0.15, -0.1) is 10.2 Å². The van der Waals surface area contributed by atoms with Gasteiger partial charge < -0.3 is 15.2 Å². The lowest BCUT2D eigenvalue weighted by Gasteiger charge is -2.12. The van der Waals surface area contributed by atoms with E-state index in [4.69, 9.17) is 9.84 Å². The maximum Gasteiger partial charge on any atom is 0.437 e. The van der Waals surface area contributed by atoms with Crippen molar-refractivity contribution < 1.29 is 32.2 Å². The van der Waals surface area contributed by atoms with Crippen LogP contribution in [0.3, 0.4) is 0 Å². The topological polar surface area (TPSA) is 102 Å². The molecule has 0 aliphatic rings. The molecule has 3 aromatic rings. The first-order chi connectivity index (χ1) is 13.8.